The van der Waals surface area contributed by atoms with Gasteiger partial charge in [-0.1, -0.05) is 22.0 Å². The Labute approximate surface area is 137 Å². The second-order valence-electron chi connectivity index (χ2n) is 3.98. The van der Waals surface area contributed by atoms with Gasteiger partial charge in [0.25, 0.3) is 15.7 Å². The van der Waals surface area contributed by atoms with Crippen molar-refractivity contribution >= 4 is 53.3 Å². The Kier molecular flexibility index (Phi) is 4.64. The summed E-state index contributed by atoms with van der Waals surface area (Å²) in [6, 6.07) is 9.99. The van der Waals surface area contributed by atoms with Crippen LogP contribution >= 0.6 is 31.9 Å². The van der Waals surface area contributed by atoms with Crippen LogP contribution in [0.1, 0.15) is 0 Å². The molecule has 0 saturated heterocycles. The number of halogens is 2. The van der Waals surface area contributed by atoms with E-state index in [4.69, 9.17) is 0 Å². The molecule has 0 aliphatic rings. The lowest BCUT2D eigenvalue weighted by molar-refractivity contribution is -0.384. The second kappa shape index (κ2) is 6.12. The first kappa shape index (κ1) is 15.9. The fourth-order valence-electron chi connectivity index (χ4n) is 1.54. The number of nitrogens with zero attached hydrogens (tertiary/aromatic N) is 1. The summed E-state index contributed by atoms with van der Waals surface area (Å²) in [5.74, 6) is 0. The van der Waals surface area contributed by atoms with E-state index in [-0.39, 0.29) is 16.3 Å². The maximum Gasteiger partial charge on any atom is 0.271 e. The molecule has 0 bridgehead atoms. The Morgan fingerprint density at radius 2 is 1.81 bits per heavy atom. The van der Waals surface area contributed by atoms with Gasteiger partial charge in [-0.3, -0.25) is 14.8 Å². The normalized spacial score (nSPS) is 11.1. The zero-order valence-electron chi connectivity index (χ0n) is 10.3. The number of non-ortho nitro benzene ring substituents is 1. The summed E-state index contributed by atoms with van der Waals surface area (Å²) in [7, 11) is -3.83. The van der Waals surface area contributed by atoms with E-state index < -0.39 is 14.9 Å². The minimum absolute atomic E-state index is 0.0512. The highest BCUT2D eigenvalue weighted by molar-refractivity contribution is 9.10. The molecule has 2 rings (SSSR count). The molecular formula is C12H8Br2N2O4S. The maximum absolute atomic E-state index is 12.3. The fourth-order valence-corrected chi connectivity index (χ4v) is 3.69. The van der Waals surface area contributed by atoms with Gasteiger partial charge in [0.15, 0.2) is 0 Å². The van der Waals surface area contributed by atoms with Crippen LogP contribution in [-0.2, 0) is 10.0 Å². The number of rotatable bonds is 4. The van der Waals surface area contributed by atoms with Crippen LogP contribution < -0.4 is 4.72 Å². The highest BCUT2D eigenvalue weighted by Gasteiger charge is 2.18. The topological polar surface area (TPSA) is 89.3 Å². The lowest BCUT2D eigenvalue weighted by Gasteiger charge is -2.10. The van der Waals surface area contributed by atoms with Crippen LogP contribution in [-0.4, -0.2) is 13.3 Å². The third kappa shape index (κ3) is 3.80. The van der Waals surface area contributed by atoms with Crippen LogP contribution in [0, 0.1) is 10.1 Å². The maximum atomic E-state index is 12.3. The minimum atomic E-state index is -3.83. The van der Waals surface area contributed by atoms with Crippen molar-refractivity contribution < 1.29 is 13.3 Å². The van der Waals surface area contributed by atoms with Gasteiger partial charge in [-0.25, -0.2) is 8.42 Å². The molecule has 2 aromatic rings. The molecule has 0 spiro atoms. The van der Waals surface area contributed by atoms with E-state index >= 15 is 0 Å². The number of anilines is 1. The zero-order valence-corrected chi connectivity index (χ0v) is 14.3. The summed E-state index contributed by atoms with van der Waals surface area (Å²) in [5.41, 5.74) is -0.102. The molecule has 0 radical (unpaired) electrons. The van der Waals surface area contributed by atoms with Crippen molar-refractivity contribution in [3.8, 4) is 0 Å². The lowest BCUT2D eigenvalue weighted by Crippen LogP contribution is -2.13. The van der Waals surface area contributed by atoms with Crippen molar-refractivity contribution in [2.45, 2.75) is 4.90 Å². The molecular weight excluding hydrogens is 428 g/mol. The zero-order chi connectivity index (χ0) is 15.6. The van der Waals surface area contributed by atoms with Crippen molar-refractivity contribution in [2.24, 2.45) is 0 Å². The average molecular weight is 436 g/mol. The summed E-state index contributed by atoms with van der Waals surface area (Å²) in [4.78, 5) is 10.2. The molecule has 0 aliphatic carbocycles. The van der Waals surface area contributed by atoms with Gasteiger partial charge in [0.2, 0.25) is 0 Å². The van der Waals surface area contributed by atoms with E-state index in [1.165, 1.54) is 24.3 Å². The van der Waals surface area contributed by atoms with Crippen molar-refractivity contribution in [3.05, 3.63) is 61.5 Å². The first-order chi connectivity index (χ1) is 9.79. The van der Waals surface area contributed by atoms with E-state index in [1.807, 2.05) is 0 Å². The van der Waals surface area contributed by atoms with Crippen molar-refractivity contribution in [1.82, 2.24) is 0 Å². The highest BCUT2D eigenvalue weighted by atomic mass is 79.9. The number of nitro groups is 1. The van der Waals surface area contributed by atoms with Crippen LogP contribution in [0.3, 0.4) is 0 Å². The molecule has 0 aliphatic heterocycles. The number of benzene rings is 2. The molecule has 0 heterocycles. The van der Waals surface area contributed by atoms with Crippen LogP contribution in [0.25, 0.3) is 0 Å². The van der Waals surface area contributed by atoms with Crippen LogP contribution in [0.4, 0.5) is 11.4 Å². The van der Waals surface area contributed by atoms with Crippen LogP contribution in [0.2, 0.25) is 0 Å². The first-order valence-corrected chi connectivity index (χ1v) is 8.59. The monoisotopic (exact) mass is 434 g/mol. The summed E-state index contributed by atoms with van der Waals surface area (Å²) in [5, 5.41) is 10.8. The summed E-state index contributed by atoms with van der Waals surface area (Å²) >= 11 is 6.35. The molecule has 110 valence electrons. The second-order valence-corrected chi connectivity index (χ2v) is 7.44. The molecule has 0 aromatic heterocycles. The van der Waals surface area contributed by atoms with Gasteiger partial charge in [0.05, 0.1) is 15.5 Å². The predicted molar refractivity (Wildman–Crippen MR) is 85.7 cm³/mol. The first-order valence-electron chi connectivity index (χ1n) is 5.52. The number of hydrogen-bond acceptors (Lipinski definition) is 4. The molecule has 1 N–H and O–H groups in total. The Morgan fingerprint density at radius 1 is 1.10 bits per heavy atom. The van der Waals surface area contributed by atoms with E-state index in [0.717, 1.165) is 6.07 Å². The van der Waals surface area contributed by atoms with Crippen LogP contribution in [0.15, 0.2) is 56.3 Å². The largest absolute Gasteiger partial charge is 0.278 e. The van der Waals surface area contributed by atoms with Crippen molar-refractivity contribution in [2.75, 3.05) is 4.72 Å². The van der Waals surface area contributed by atoms with E-state index in [0.29, 0.717) is 8.95 Å². The third-order valence-electron chi connectivity index (χ3n) is 2.51. The Hall–Kier alpha value is -1.45. The Bertz CT molecular complexity index is 809. The van der Waals surface area contributed by atoms with E-state index in [9.17, 15) is 18.5 Å². The molecule has 2 aromatic carbocycles. The molecule has 6 nitrogen and oxygen atoms in total. The fraction of sp³-hybridized carbons (Fsp3) is 0. The van der Waals surface area contributed by atoms with Gasteiger partial charge >= 0.3 is 0 Å². The number of nitrogens with one attached hydrogen (secondary N) is 1. The molecule has 0 atom stereocenters. The van der Waals surface area contributed by atoms with E-state index in [2.05, 4.69) is 36.6 Å². The summed E-state index contributed by atoms with van der Waals surface area (Å²) < 4.78 is 27.9. The Balaban J connectivity index is 2.41. The number of sulfonamides is 1. The lowest BCUT2D eigenvalue weighted by atomic mass is 10.3. The van der Waals surface area contributed by atoms with Gasteiger partial charge in [-0.15, -0.1) is 0 Å². The van der Waals surface area contributed by atoms with Gasteiger partial charge in [0, 0.05) is 21.1 Å². The molecule has 0 fully saturated rings. The van der Waals surface area contributed by atoms with Gasteiger partial charge in [-0.05, 0) is 40.2 Å². The SMILES string of the molecule is O=[N+]([O-])c1ccc(Br)c(NS(=O)(=O)c2cccc(Br)c2)c1. The van der Waals surface area contributed by atoms with Gasteiger partial charge < -0.3 is 0 Å². The van der Waals surface area contributed by atoms with Gasteiger partial charge in [0.1, 0.15) is 0 Å². The molecule has 9 heteroatoms. The van der Waals surface area contributed by atoms with Crippen molar-refractivity contribution in [3.63, 3.8) is 0 Å². The molecule has 0 unspecified atom stereocenters. The third-order valence-corrected chi connectivity index (χ3v) is 5.06. The average Bonchev–Trinajstić information content (AvgIpc) is 2.41. The number of hydrogen-bond donors (Lipinski definition) is 1. The summed E-state index contributed by atoms with van der Waals surface area (Å²) in [6.45, 7) is 0. The highest BCUT2D eigenvalue weighted by Crippen LogP contribution is 2.29. The quantitative estimate of drug-likeness (QED) is 0.582. The van der Waals surface area contributed by atoms with Crippen LogP contribution in [0.5, 0.6) is 0 Å². The smallest absolute Gasteiger partial charge is 0.271 e. The molecule has 0 amide bonds. The Morgan fingerprint density at radius 3 is 2.43 bits per heavy atom. The predicted octanol–water partition coefficient (Wildman–Crippen LogP) is 3.92. The summed E-state index contributed by atoms with van der Waals surface area (Å²) in [6.07, 6.45) is 0. The minimum Gasteiger partial charge on any atom is -0.278 e. The number of nitro benzene ring substituents is 1. The van der Waals surface area contributed by atoms with Crippen molar-refractivity contribution in [1.29, 1.82) is 0 Å². The van der Waals surface area contributed by atoms with E-state index in [1.54, 1.807) is 12.1 Å². The molecule has 21 heavy (non-hydrogen) atoms. The van der Waals surface area contributed by atoms with Gasteiger partial charge in [-0.2, -0.15) is 0 Å². The molecule has 0 saturated carbocycles. The standard InChI is InChI=1S/C12H8Br2N2O4S/c13-8-2-1-3-10(6-8)21(19,20)15-12-7-9(16(17)18)4-5-11(12)14/h1-7,15H.